The van der Waals surface area contributed by atoms with Gasteiger partial charge in [-0.2, -0.15) is 0 Å². The number of nitrogens with one attached hydrogen (secondary N) is 2. The molecule has 0 aromatic carbocycles. The quantitative estimate of drug-likeness (QED) is 0.554. The van der Waals surface area contributed by atoms with E-state index in [4.69, 9.17) is 5.73 Å². The van der Waals surface area contributed by atoms with Gasteiger partial charge in [0.25, 0.3) is 0 Å². The number of rotatable bonds is 7. The summed E-state index contributed by atoms with van der Waals surface area (Å²) in [7, 11) is 0. The predicted molar refractivity (Wildman–Crippen MR) is 61.6 cm³/mol. The monoisotopic (exact) mass is 227 g/mol. The number of carbonyl (C=O) groups excluding carboxylic acids is 2. The molecule has 0 spiro atoms. The van der Waals surface area contributed by atoms with Crippen molar-refractivity contribution in [3.05, 3.63) is 0 Å². The largest absolute Gasteiger partial charge is 0.368 e. The van der Waals surface area contributed by atoms with Gasteiger partial charge in [0.1, 0.15) is 6.04 Å². The van der Waals surface area contributed by atoms with E-state index in [-0.39, 0.29) is 18.4 Å². The van der Waals surface area contributed by atoms with Crippen molar-refractivity contribution in [2.75, 3.05) is 13.1 Å². The van der Waals surface area contributed by atoms with Gasteiger partial charge in [0.15, 0.2) is 0 Å². The smallest absolute Gasteiger partial charge is 0.240 e. The normalized spacial score (nSPS) is 17.2. The molecule has 1 unspecified atom stereocenters. The Morgan fingerprint density at radius 1 is 1.38 bits per heavy atom. The van der Waals surface area contributed by atoms with Gasteiger partial charge in [-0.15, -0.1) is 0 Å². The minimum absolute atomic E-state index is 0.0184. The third-order valence-corrected chi connectivity index (χ3v) is 2.71. The van der Waals surface area contributed by atoms with Crippen LogP contribution in [0.2, 0.25) is 0 Å². The Bertz CT molecular complexity index is 262. The van der Waals surface area contributed by atoms with Crippen LogP contribution in [0.4, 0.5) is 0 Å². The van der Waals surface area contributed by atoms with Crippen LogP contribution in [0, 0.1) is 11.8 Å². The van der Waals surface area contributed by atoms with Crippen molar-refractivity contribution in [3.63, 3.8) is 0 Å². The summed E-state index contributed by atoms with van der Waals surface area (Å²) in [5.74, 6) is 0.110. The highest BCUT2D eigenvalue weighted by Gasteiger charge is 2.23. The van der Waals surface area contributed by atoms with E-state index in [1.807, 2.05) is 13.8 Å². The van der Waals surface area contributed by atoms with Crippen LogP contribution in [0.5, 0.6) is 0 Å². The summed E-state index contributed by atoms with van der Waals surface area (Å²) in [5.41, 5.74) is 5.20. The lowest BCUT2D eigenvalue weighted by molar-refractivity contribution is -0.127. The summed E-state index contributed by atoms with van der Waals surface area (Å²) in [5, 5.41) is 5.70. The van der Waals surface area contributed by atoms with Crippen LogP contribution in [-0.4, -0.2) is 30.9 Å². The molecule has 0 aromatic heterocycles. The fourth-order valence-corrected chi connectivity index (χ4v) is 1.50. The molecular formula is C11H21N3O2. The first-order valence-corrected chi connectivity index (χ1v) is 5.80. The fourth-order valence-electron chi connectivity index (χ4n) is 1.50. The van der Waals surface area contributed by atoms with Crippen molar-refractivity contribution in [1.82, 2.24) is 10.6 Å². The van der Waals surface area contributed by atoms with E-state index in [0.717, 1.165) is 12.5 Å². The summed E-state index contributed by atoms with van der Waals surface area (Å²) in [6.07, 6.45) is 2.51. The van der Waals surface area contributed by atoms with Crippen molar-refractivity contribution in [3.8, 4) is 0 Å². The van der Waals surface area contributed by atoms with Crippen molar-refractivity contribution < 1.29 is 9.59 Å². The van der Waals surface area contributed by atoms with E-state index >= 15 is 0 Å². The number of nitrogens with two attached hydrogens (primary N) is 1. The topological polar surface area (TPSA) is 84.2 Å². The zero-order valence-corrected chi connectivity index (χ0v) is 9.95. The van der Waals surface area contributed by atoms with E-state index in [9.17, 15) is 9.59 Å². The van der Waals surface area contributed by atoms with Gasteiger partial charge < -0.3 is 16.4 Å². The van der Waals surface area contributed by atoms with E-state index in [0.29, 0.717) is 0 Å². The highest BCUT2D eigenvalue weighted by atomic mass is 16.2. The highest BCUT2D eigenvalue weighted by Crippen LogP contribution is 2.27. The number of primary amides is 1. The van der Waals surface area contributed by atoms with Gasteiger partial charge in [0.05, 0.1) is 6.54 Å². The predicted octanol–water partition coefficient (Wildman–Crippen LogP) is -0.388. The first-order chi connectivity index (χ1) is 7.50. The lowest BCUT2D eigenvalue weighted by Gasteiger charge is -2.18. The summed E-state index contributed by atoms with van der Waals surface area (Å²) >= 11 is 0. The molecule has 0 bridgehead atoms. The molecule has 1 fully saturated rings. The van der Waals surface area contributed by atoms with Crippen LogP contribution in [0.1, 0.15) is 26.7 Å². The molecule has 5 nitrogen and oxygen atoms in total. The minimum Gasteiger partial charge on any atom is -0.368 e. The molecule has 0 aromatic rings. The Morgan fingerprint density at radius 3 is 2.44 bits per heavy atom. The maximum absolute atomic E-state index is 11.5. The molecule has 0 aliphatic heterocycles. The Labute approximate surface area is 96.1 Å². The fraction of sp³-hybridized carbons (Fsp3) is 0.818. The molecule has 5 heteroatoms. The Hall–Kier alpha value is -1.10. The third-order valence-electron chi connectivity index (χ3n) is 2.71. The molecule has 1 atom stereocenters. The van der Waals surface area contributed by atoms with Crippen LogP contribution in [0.25, 0.3) is 0 Å². The zero-order valence-electron chi connectivity index (χ0n) is 9.95. The first-order valence-electron chi connectivity index (χ1n) is 5.80. The molecule has 0 saturated heterocycles. The second-order valence-electron chi connectivity index (χ2n) is 4.77. The molecule has 0 heterocycles. The van der Waals surface area contributed by atoms with Crippen molar-refractivity contribution in [2.24, 2.45) is 17.6 Å². The van der Waals surface area contributed by atoms with Gasteiger partial charge in [-0.05, 0) is 31.2 Å². The van der Waals surface area contributed by atoms with E-state index in [1.54, 1.807) is 0 Å². The lowest BCUT2D eigenvalue weighted by atomic mass is 10.0. The average Bonchev–Trinajstić information content (AvgIpc) is 2.97. The molecule has 1 aliphatic rings. The van der Waals surface area contributed by atoms with Gasteiger partial charge in [-0.25, -0.2) is 0 Å². The second-order valence-corrected chi connectivity index (χ2v) is 4.77. The SMILES string of the molecule is CC(C)C(NC(=O)CNCC1CC1)C(N)=O. The van der Waals surface area contributed by atoms with Crippen LogP contribution >= 0.6 is 0 Å². The Balaban J connectivity index is 2.21. The van der Waals surface area contributed by atoms with Gasteiger partial charge >= 0.3 is 0 Å². The third kappa shape index (κ3) is 4.61. The Morgan fingerprint density at radius 2 is 2.00 bits per heavy atom. The molecule has 92 valence electrons. The number of amides is 2. The van der Waals surface area contributed by atoms with Gasteiger partial charge in [-0.3, -0.25) is 9.59 Å². The van der Waals surface area contributed by atoms with Crippen LogP contribution < -0.4 is 16.4 Å². The maximum Gasteiger partial charge on any atom is 0.240 e. The van der Waals surface area contributed by atoms with Crippen molar-refractivity contribution in [2.45, 2.75) is 32.7 Å². The van der Waals surface area contributed by atoms with Crippen LogP contribution in [0.15, 0.2) is 0 Å². The lowest BCUT2D eigenvalue weighted by Crippen LogP contribution is -2.50. The molecule has 1 rings (SSSR count). The van der Waals surface area contributed by atoms with Crippen LogP contribution in [0.3, 0.4) is 0 Å². The van der Waals surface area contributed by atoms with Gasteiger partial charge in [-0.1, -0.05) is 13.8 Å². The summed E-state index contributed by atoms with van der Waals surface area (Å²) < 4.78 is 0. The van der Waals surface area contributed by atoms with Crippen LogP contribution in [-0.2, 0) is 9.59 Å². The number of hydrogen-bond acceptors (Lipinski definition) is 3. The van der Waals surface area contributed by atoms with Crippen molar-refractivity contribution >= 4 is 11.8 Å². The maximum atomic E-state index is 11.5. The van der Waals surface area contributed by atoms with Gasteiger partial charge in [0, 0.05) is 0 Å². The Kier molecular flexibility index (Phi) is 4.73. The zero-order chi connectivity index (χ0) is 12.1. The highest BCUT2D eigenvalue weighted by molar-refractivity contribution is 5.87. The molecule has 1 saturated carbocycles. The van der Waals surface area contributed by atoms with E-state index < -0.39 is 11.9 Å². The second kappa shape index (κ2) is 5.84. The van der Waals surface area contributed by atoms with Gasteiger partial charge in [0.2, 0.25) is 11.8 Å². The summed E-state index contributed by atoms with van der Waals surface area (Å²) in [4.78, 5) is 22.5. The molecule has 0 radical (unpaired) electrons. The molecule has 16 heavy (non-hydrogen) atoms. The number of hydrogen-bond donors (Lipinski definition) is 3. The molecule has 2 amide bonds. The van der Waals surface area contributed by atoms with E-state index in [2.05, 4.69) is 10.6 Å². The number of carbonyl (C=O) groups is 2. The molecule has 4 N–H and O–H groups in total. The van der Waals surface area contributed by atoms with Crippen molar-refractivity contribution in [1.29, 1.82) is 0 Å². The molecular weight excluding hydrogens is 206 g/mol. The average molecular weight is 227 g/mol. The minimum atomic E-state index is -0.574. The summed E-state index contributed by atoms with van der Waals surface area (Å²) in [6.45, 7) is 4.85. The molecule has 1 aliphatic carbocycles. The summed E-state index contributed by atoms with van der Waals surface area (Å²) in [6, 6.07) is -0.574. The first kappa shape index (κ1) is 13.0. The standard InChI is InChI=1S/C11H21N3O2/c1-7(2)10(11(12)16)14-9(15)6-13-5-8-3-4-8/h7-8,10,13H,3-6H2,1-2H3,(H2,12,16)(H,14,15). The van der Waals surface area contributed by atoms with E-state index in [1.165, 1.54) is 12.8 Å².